The number of hydrogen-bond acceptors (Lipinski definition) is 1. The number of carbonyl (C=O) groups excluding carboxylic acids is 1. The zero-order valence-electron chi connectivity index (χ0n) is 12.4. The zero-order valence-corrected chi connectivity index (χ0v) is 14.0. The van der Waals surface area contributed by atoms with E-state index in [1.807, 2.05) is 24.3 Å². The highest BCUT2D eigenvalue weighted by atomic mass is 79.9. The Hall–Kier alpha value is -1.48. The summed E-state index contributed by atoms with van der Waals surface area (Å²) in [5, 5.41) is 0. The Kier molecular flexibility index (Phi) is 4.62. The monoisotopic (exact) mass is 348 g/mol. The highest BCUT2D eigenvalue weighted by Gasteiger charge is 2.15. The molecular weight excluding hydrogens is 331 g/mol. The molecular formula is C18H18BrFO. The predicted molar refractivity (Wildman–Crippen MR) is 87.3 cm³/mol. The van der Waals surface area contributed by atoms with Crippen molar-refractivity contribution < 1.29 is 9.18 Å². The van der Waals surface area contributed by atoms with E-state index in [4.69, 9.17) is 0 Å². The lowest BCUT2D eigenvalue weighted by molar-refractivity contribution is 0.0989. The van der Waals surface area contributed by atoms with E-state index in [9.17, 15) is 9.18 Å². The van der Waals surface area contributed by atoms with Crippen LogP contribution >= 0.6 is 15.9 Å². The van der Waals surface area contributed by atoms with Gasteiger partial charge in [-0.25, -0.2) is 4.39 Å². The molecule has 0 aliphatic rings. The van der Waals surface area contributed by atoms with Gasteiger partial charge in [0.05, 0.1) is 5.56 Å². The molecule has 21 heavy (non-hydrogen) atoms. The van der Waals surface area contributed by atoms with Crippen LogP contribution in [0.2, 0.25) is 0 Å². The van der Waals surface area contributed by atoms with Crippen LogP contribution in [0, 0.1) is 5.82 Å². The molecule has 0 aliphatic heterocycles. The Bertz CT molecular complexity index is 654. The third-order valence-electron chi connectivity index (χ3n) is 3.42. The summed E-state index contributed by atoms with van der Waals surface area (Å²) in [5.41, 5.74) is 2.34. The number of benzene rings is 2. The average molecular weight is 349 g/mol. The minimum absolute atomic E-state index is 0.0837. The quantitative estimate of drug-likeness (QED) is 0.686. The second-order valence-corrected chi connectivity index (χ2v) is 7.09. The molecule has 1 nitrogen and oxygen atoms in total. The maximum absolute atomic E-state index is 13.8. The van der Waals surface area contributed by atoms with Gasteiger partial charge in [0.1, 0.15) is 5.82 Å². The van der Waals surface area contributed by atoms with E-state index in [0.717, 1.165) is 5.56 Å². The largest absolute Gasteiger partial charge is 0.294 e. The van der Waals surface area contributed by atoms with Gasteiger partial charge in [0.2, 0.25) is 0 Å². The lowest BCUT2D eigenvalue weighted by Gasteiger charge is -2.19. The molecule has 0 aromatic heterocycles. The molecule has 0 radical (unpaired) electrons. The van der Waals surface area contributed by atoms with Crippen molar-refractivity contribution >= 4 is 21.7 Å². The number of rotatable bonds is 3. The number of ketones is 1. The summed E-state index contributed by atoms with van der Waals surface area (Å²) in [5.74, 6) is -0.691. The van der Waals surface area contributed by atoms with Crippen LogP contribution in [0.25, 0.3) is 0 Å². The number of halogens is 2. The molecule has 3 heteroatoms. The van der Waals surface area contributed by atoms with Gasteiger partial charge < -0.3 is 0 Å². The minimum atomic E-state index is -0.485. The summed E-state index contributed by atoms with van der Waals surface area (Å²) in [7, 11) is 0. The van der Waals surface area contributed by atoms with Crippen molar-refractivity contribution in [3.8, 4) is 0 Å². The molecule has 2 rings (SSSR count). The summed E-state index contributed by atoms with van der Waals surface area (Å²) in [4.78, 5) is 12.2. The van der Waals surface area contributed by atoms with Gasteiger partial charge in [-0.05, 0) is 34.7 Å². The molecule has 0 saturated carbocycles. The Labute approximate surface area is 133 Å². The van der Waals surface area contributed by atoms with Gasteiger partial charge in [0.25, 0.3) is 0 Å². The van der Waals surface area contributed by atoms with E-state index in [1.54, 1.807) is 6.07 Å². The van der Waals surface area contributed by atoms with Crippen LogP contribution in [0.4, 0.5) is 4.39 Å². The number of hydrogen-bond donors (Lipinski definition) is 0. The first-order valence-electron chi connectivity index (χ1n) is 6.85. The Morgan fingerprint density at radius 3 is 2.24 bits per heavy atom. The van der Waals surface area contributed by atoms with Gasteiger partial charge in [-0.2, -0.15) is 0 Å². The molecule has 0 bridgehead atoms. The van der Waals surface area contributed by atoms with Gasteiger partial charge >= 0.3 is 0 Å². The van der Waals surface area contributed by atoms with Crippen LogP contribution < -0.4 is 0 Å². The third kappa shape index (κ3) is 4.01. The second-order valence-electron chi connectivity index (χ2n) is 6.17. The smallest absolute Gasteiger partial charge is 0.170 e. The summed E-state index contributed by atoms with van der Waals surface area (Å²) in [6, 6.07) is 12.5. The molecule has 2 aromatic carbocycles. The third-order valence-corrected chi connectivity index (χ3v) is 3.91. The summed E-state index contributed by atoms with van der Waals surface area (Å²) < 4.78 is 14.4. The summed E-state index contributed by atoms with van der Waals surface area (Å²) in [6.07, 6.45) is 0.211. The fourth-order valence-electron chi connectivity index (χ4n) is 2.12. The van der Waals surface area contributed by atoms with Gasteiger partial charge in [0, 0.05) is 10.9 Å². The first-order chi connectivity index (χ1) is 9.77. The maximum atomic E-state index is 13.8. The van der Waals surface area contributed by atoms with Crippen molar-refractivity contribution in [1.29, 1.82) is 0 Å². The summed E-state index contributed by atoms with van der Waals surface area (Å²) in [6.45, 7) is 6.43. The van der Waals surface area contributed by atoms with E-state index >= 15 is 0 Å². The Morgan fingerprint density at radius 1 is 1.10 bits per heavy atom. The first-order valence-corrected chi connectivity index (χ1v) is 7.64. The fraction of sp³-hybridized carbons (Fsp3) is 0.278. The van der Waals surface area contributed by atoms with E-state index in [1.165, 1.54) is 17.7 Å². The van der Waals surface area contributed by atoms with Crippen molar-refractivity contribution in [3.63, 3.8) is 0 Å². The molecule has 0 spiro atoms. The van der Waals surface area contributed by atoms with Gasteiger partial charge in [-0.3, -0.25) is 4.79 Å². The van der Waals surface area contributed by atoms with Crippen LogP contribution in [0.15, 0.2) is 46.9 Å². The van der Waals surface area contributed by atoms with Crippen LogP contribution in [0.5, 0.6) is 0 Å². The van der Waals surface area contributed by atoms with Gasteiger partial charge in [-0.1, -0.05) is 61.0 Å². The van der Waals surface area contributed by atoms with Crippen LogP contribution in [0.3, 0.4) is 0 Å². The molecule has 0 amide bonds. The molecule has 0 N–H and O–H groups in total. The SMILES string of the molecule is CC(C)(C)c1ccc(CC(=O)c2ccc(Br)cc2F)cc1. The lowest BCUT2D eigenvalue weighted by Crippen LogP contribution is -2.11. The van der Waals surface area contributed by atoms with Crippen molar-refractivity contribution in [2.45, 2.75) is 32.6 Å². The Morgan fingerprint density at radius 2 is 1.71 bits per heavy atom. The predicted octanol–water partition coefficient (Wildman–Crippen LogP) is 5.31. The van der Waals surface area contributed by atoms with Crippen molar-refractivity contribution in [2.75, 3.05) is 0 Å². The molecule has 0 aliphatic carbocycles. The van der Waals surface area contributed by atoms with Gasteiger partial charge in [-0.15, -0.1) is 0 Å². The molecule has 0 unspecified atom stereocenters. The highest BCUT2D eigenvalue weighted by molar-refractivity contribution is 9.10. The van der Waals surface area contributed by atoms with E-state index in [2.05, 4.69) is 36.7 Å². The van der Waals surface area contributed by atoms with Crippen LogP contribution in [-0.4, -0.2) is 5.78 Å². The minimum Gasteiger partial charge on any atom is -0.294 e. The zero-order chi connectivity index (χ0) is 15.6. The molecule has 0 heterocycles. The van der Waals surface area contributed by atoms with Crippen molar-refractivity contribution in [2.24, 2.45) is 0 Å². The topological polar surface area (TPSA) is 17.1 Å². The van der Waals surface area contributed by atoms with Crippen LogP contribution in [-0.2, 0) is 11.8 Å². The lowest BCUT2D eigenvalue weighted by atomic mass is 9.86. The number of carbonyl (C=O) groups is 1. The maximum Gasteiger partial charge on any atom is 0.170 e. The van der Waals surface area contributed by atoms with Crippen molar-refractivity contribution in [3.05, 3.63) is 69.4 Å². The van der Waals surface area contributed by atoms with Gasteiger partial charge in [0.15, 0.2) is 5.78 Å². The van der Waals surface area contributed by atoms with E-state index in [-0.39, 0.29) is 23.2 Å². The fourth-order valence-corrected chi connectivity index (χ4v) is 2.45. The van der Waals surface area contributed by atoms with E-state index < -0.39 is 5.82 Å². The first kappa shape index (κ1) is 15.9. The van der Waals surface area contributed by atoms with Crippen LogP contribution in [0.1, 0.15) is 42.3 Å². The molecule has 0 atom stereocenters. The molecule has 110 valence electrons. The highest BCUT2D eigenvalue weighted by Crippen LogP contribution is 2.23. The Balaban J connectivity index is 2.16. The number of Topliss-reactive ketones (excluding diaryl/α,β-unsaturated/α-hetero) is 1. The second kappa shape index (κ2) is 6.10. The standard InChI is InChI=1S/C18H18BrFO/c1-18(2,3)13-6-4-12(5-7-13)10-17(21)15-9-8-14(19)11-16(15)20/h4-9,11H,10H2,1-3H3. The van der Waals surface area contributed by atoms with E-state index in [0.29, 0.717) is 4.47 Å². The molecule has 0 fully saturated rings. The molecule has 2 aromatic rings. The normalized spacial score (nSPS) is 11.5. The molecule has 0 saturated heterocycles. The average Bonchev–Trinajstić information content (AvgIpc) is 2.38. The van der Waals surface area contributed by atoms with Crippen molar-refractivity contribution in [1.82, 2.24) is 0 Å². The summed E-state index contributed by atoms with van der Waals surface area (Å²) >= 11 is 3.19.